The highest BCUT2D eigenvalue weighted by molar-refractivity contribution is 9.10. The van der Waals surface area contributed by atoms with Crippen LogP contribution in [0.3, 0.4) is 0 Å². The van der Waals surface area contributed by atoms with Crippen LogP contribution in [-0.2, 0) is 0 Å². The van der Waals surface area contributed by atoms with E-state index in [1.54, 1.807) is 24.3 Å². The van der Waals surface area contributed by atoms with E-state index in [0.717, 1.165) is 37.8 Å². The minimum Gasteiger partial charge on any atom is -0.244 e. The summed E-state index contributed by atoms with van der Waals surface area (Å²) in [4.78, 5) is 9.70. The Kier molecular flexibility index (Phi) is 4.48. The van der Waals surface area contributed by atoms with Crippen LogP contribution >= 0.6 is 15.9 Å². The lowest BCUT2D eigenvalue weighted by Crippen LogP contribution is -1.99. The second kappa shape index (κ2) is 6.82. The molecule has 0 amide bonds. The molecule has 0 N–H and O–H groups in total. The number of hydrogen-bond donors (Lipinski definition) is 0. The maximum absolute atomic E-state index is 13.4. The molecule has 4 aromatic rings. The summed E-state index contributed by atoms with van der Waals surface area (Å²) < 4.78 is 27.8. The average Bonchev–Trinajstić information content (AvgIpc) is 2.67. The number of halogens is 3. The molecule has 0 atom stereocenters. The fraction of sp³-hybridized carbons (Fsp3) is 0.0909. The SMILES string of the molecule is Cc1c(Br)cc2nc(-c3ccc(F)cc3)c(-c3ccc(F)cc3)nc2c1C. The molecule has 134 valence electrons. The standard InChI is InChI=1S/C22H15BrF2N2/c1-12-13(2)20-19(11-18(12)23)26-21(14-3-7-16(24)8-4-14)22(27-20)15-5-9-17(25)10-6-15/h3-11H,1-2H3. The van der Waals surface area contributed by atoms with Crippen molar-refractivity contribution < 1.29 is 8.78 Å². The van der Waals surface area contributed by atoms with Crippen LogP contribution in [0.15, 0.2) is 59.1 Å². The minimum atomic E-state index is -0.315. The second-order valence-corrected chi connectivity index (χ2v) is 7.27. The van der Waals surface area contributed by atoms with Crippen LogP contribution in [0.4, 0.5) is 8.78 Å². The molecule has 5 heteroatoms. The van der Waals surface area contributed by atoms with Gasteiger partial charge in [-0.15, -0.1) is 0 Å². The average molecular weight is 425 g/mol. The molecule has 0 saturated heterocycles. The fourth-order valence-electron chi connectivity index (χ4n) is 3.03. The van der Waals surface area contributed by atoms with Crippen molar-refractivity contribution in [2.24, 2.45) is 0 Å². The van der Waals surface area contributed by atoms with Gasteiger partial charge in [0, 0.05) is 15.6 Å². The lowest BCUT2D eigenvalue weighted by Gasteiger charge is -2.14. The first-order valence-electron chi connectivity index (χ1n) is 8.43. The highest BCUT2D eigenvalue weighted by Crippen LogP contribution is 2.34. The molecular weight excluding hydrogens is 410 g/mol. The van der Waals surface area contributed by atoms with Gasteiger partial charge in [-0.05, 0) is 79.6 Å². The van der Waals surface area contributed by atoms with E-state index in [-0.39, 0.29) is 11.6 Å². The Morgan fingerprint density at radius 3 is 1.70 bits per heavy atom. The maximum atomic E-state index is 13.4. The Morgan fingerprint density at radius 1 is 0.704 bits per heavy atom. The topological polar surface area (TPSA) is 25.8 Å². The molecule has 4 rings (SSSR count). The van der Waals surface area contributed by atoms with Gasteiger partial charge >= 0.3 is 0 Å². The van der Waals surface area contributed by atoms with E-state index < -0.39 is 0 Å². The molecule has 2 nitrogen and oxygen atoms in total. The summed E-state index contributed by atoms with van der Waals surface area (Å²) >= 11 is 3.57. The monoisotopic (exact) mass is 424 g/mol. The number of rotatable bonds is 2. The van der Waals surface area contributed by atoms with Gasteiger partial charge in [0.1, 0.15) is 11.6 Å². The molecule has 0 spiro atoms. The summed E-state index contributed by atoms with van der Waals surface area (Å²) in [5, 5.41) is 0. The Labute approximate surface area is 164 Å². The minimum absolute atomic E-state index is 0.313. The van der Waals surface area contributed by atoms with Crippen LogP contribution in [0.2, 0.25) is 0 Å². The first-order valence-corrected chi connectivity index (χ1v) is 9.22. The van der Waals surface area contributed by atoms with Crippen molar-refractivity contribution in [3.63, 3.8) is 0 Å². The summed E-state index contributed by atoms with van der Waals surface area (Å²) in [6.07, 6.45) is 0. The van der Waals surface area contributed by atoms with Crippen LogP contribution in [0.1, 0.15) is 11.1 Å². The summed E-state index contributed by atoms with van der Waals surface area (Å²) in [7, 11) is 0. The predicted molar refractivity (Wildman–Crippen MR) is 108 cm³/mol. The summed E-state index contributed by atoms with van der Waals surface area (Å²) in [6.45, 7) is 4.02. The largest absolute Gasteiger partial charge is 0.244 e. The summed E-state index contributed by atoms with van der Waals surface area (Å²) in [6, 6.07) is 14.2. The molecule has 1 aromatic heterocycles. The predicted octanol–water partition coefficient (Wildman–Crippen LogP) is 6.62. The van der Waals surface area contributed by atoms with Gasteiger partial charge < -0.3 is 0 Å². The van der Waals surface area contributed by atoms with Crippen LogP contribution in [-0.4, -0.2) is 9.97 Å². The molecule has 1 heterocycles. The fourth-order valence-corrected chi connectivity index (χ4v) is 3.54. The normalized spacial score (nSPS) is 11.1. The molecule has 0 aliphatic rings. The van der Waals surface area contributed by atoms with Gasteiger partial charge in [-0.3, -0.25) is 0 Å². The molecule has 0 radical (unpaired) electrons. The number of benzene rings is 3. The van der Waals surface area contributed by atoms with Crippen molar-refractivity contribution in [3.05, 3.63) is 81.8 Å². The van der Waals surface area contributed by atoms with E-state index in [9.17, 15) is 8.78 Å². The Hall–Kier alpha value is -2.66. The third-order valence-electron chi connectivity index (χ3n) is 4.70. The number of aryl methyl sites for hydroxylation is 1. The van der Waals surface area contributed by atoms with Gasteiger partial charge in [-0.2, -0.15) is 0 Å². The quantitative estimate of drug-likeness (QED) is 0.361. The molecule has 3 aromatic carbocycles. The molecular formula is C22H15BrF2N2. The van der Waals surface area contributed by atoms with Crippen molar-refractivity contribution >= 4 is 27.0 Å². The zero-order valence-corrected chi connectivity index (χ0v) is 16.3. The van der Waals surface area contributed by atoms with Crippen molar-refractivity contribution in [1.82, 2.24) is 9.97 Å². The zero-order chi connectivity index (χ0) is 19.1. The number of nitrogens with zero attached hydrogens (tertiary/aromatic N) is 2. The van der Waals surface area contributed by atoms with E-state index in [2.05, 4.69) is 15.9 Å². The van der Waals surface area contributed by atoms with E-state index in [4.69, 9.17) is 9.97 Å². The van der Waals surface area contributed by atoms with Gasteiger partial charge in [0.05, 0.1) is 22.4 Å². The molecule has 0 saturated carbocycles. The van der Waals surface area contributed by atoms with Crippen LogP contribution in [0, 0.1) is 25.5 Å². The van der Waals surface area contributed by atoms with E-state index in [1.807, 2.05) is 19.9 Å². The lowest BCUT2D eigenvalue weighted by molar-refractivity contribution is 0.627. The summed E-state index contributed by atoms with van der Waals surface area (Å²) in [5.41, 5.74) is 6.43. The molecule has 0 bridgehead atoms. The smallest absolute Gasteiger partial charge is 0.123 e. The summed E-state index contributed by atoms with van der Waals surface area (Å²) in [5.74, 6) is -0.628. The van der Waals surface area contributed by atoms with Crippen molar-refractivity contribution in [1.29, 1.82) is 0 Å². The first-order chi connectivity index (χ1) is 12.9. The third kappa shape index (κ3) is 3.23. The van der Waals surface area contributed by atoms with Gasteiger partial charge in [-0.25, -0.2) is 18.7 Å². The van der Waals surface area contributed by atoms with Crippen LogP contribution in [0.25, 0.3) is 33.5 Å². The van der Waals surface area contributed by atoms with E-state index in [0.29, 0.717) is 11.4 Å². The second-order valence-electron chi connectivity index (χ2n) is 6.41. The van der Waals surface area contributed by atoms with E-state index in [1.165, 1.54) is 24.3 Å². The number of hydrogen-bond acceptors (Lipinski definition) is 2. The van der Waals surface area contributed by atoms with Crippen LogP contribution < -0.4 is 0 Å². The zero-order valence-electron chi connectivity index (χ0n) is 14.7. The van der Waals surface area contributed by atoms with Crippen LogP contribution in [0.5, 0.6) is 0 Å². The van der Waals surface area contributed by atoms with Gasteiger partial charge in [0.15, 0.2) is 0 Å². The Morgan fingerprint density at radius 2 is 1.19 bits per heavy atom. The van der Waals surface area contributed by atoms with Crippen molar-refractivity contribution in [2.75, 3.05) is 0 Å². The molecule has 0 unspecified atom stereocenters. The third-order valence-corrected chi connectivity index (χ3v) is 5.52. The number of fused-ring (bicyclic) bond motifs is 1. The maximum Gasteiger partial charge on any atom is 0.123 e. The highest BCUT2D eigenvalue weighted by atomic mass is 79.9. The number of aromatic nitrogens is 2. The lowest BCUT2D eigenvalue weighted by atomic mass is 10.0. The molecule has 0 fully saturated rings. The van der Waals surface area contributed by atoms with Crippen molar-refractivity contribution in [3.8, 4) is 22.5 Å². The Balaban J connectivity index is 2.06. The van der Waals surface area contributed by atoms with Gasteiger partial charge in [0.25, 0.3) is 0 Å². The van der Waals surface area contributed by atoms with Gasteiger partial charge in [0.2, 0.25) is 0 Å². The molecule has 0 aliphatic carbocycles. The first kappa shape index (κ1) is 17.7. The highest BCUT2D eigenvalue weighted by Gasteiger charge is 2.16. The van der Waals surface area contributed by atoms with Gasteiger partial charge in [-0.1, -0.05) is 15.9 Å². The Bertz CT molecular complexity index is 1150. The van der Waals surface area contributed by atoms with E-state index >= 15 is 0 Å². The molecule has 27 heavy (non-hydrogen) atoms. The molecule has 0 aliphatic heterocycles. The van der Waals surface area contributed by atoms with Crippen molar-refractivity contribution in [2.45, 2.75) is 13.8 Å².